The topological polar surface area (TPSA) is 86.3 Å². The van der Waals surface area contributed by atoms with Gasteiger partial charge in [0.25, 0.3) is 5.89 Å². The van der Waals surface area contributed by atoms with Gasteiger partial charge in [-0.1, -0.05) is 23.4 Å². The van der Waals surface area contributed by atoms with E-state index >= 15 is 0 Å². The highest BCUT2D eigenvalue weighted by Crippen LogP contribution is 2.25. The molecule has 0 radical (unpaired) electrons. The Kier molecular flexibility index (Phi) is 5.64. The zero-order valence-electron chi connectivity index (χ0n) is 18.6. The Bertz CT molecular complexity index is 1240. The number of rotatable bonds is 7. The van der Waals surface area contributed by atoms with Crippen molar-refractivity contribution in [2.24, 2.45) is 0 Å². The number of hydrogen-bond donors (Lipinski definition) is 0. The van der Waals surface area contributed by atoms with E-state index in [0.717, 1.165) is 28.3 Å². The quantitative estimate of drug-likeness (QED) is 0.431. The molecule has 0 unspecified atom stereocenters. The Labute approximate surface area is 191 Å². The molecule has 168 valence electrons. The van der Waals surface area contributed by atoms with Crippen LogP contribution in [0.1, 0.15) is 17.8 Å². The first kappa shape index (κ1) is 20.9. The van der Waals surface area contributed by atoms with Gasteiger partial charge in [0.1, 0.15) is 11.9 Å². The van der Waals surface area contributed by atoms with Gasteiger partial charge in [0.05, 0.1) is 18.8 Å². The van der Waals surface area contributed by atoms with Crippen LogP contribution >= 0.6 is 0 Å². The molecule has 0 bridgehead atoms. The maximum absolute atomic E-state index is 12.4. The number of likely N-dealkylation sites (tertiary alicyclic amines) is 1. The van der Waals surface area contributed by atoms with Crippen LogP contribution in [0.4, 0.5) is 0 Å². The summed E-state index contributed by atoms with van der Waals surface area (Å²) in [5.74, 6) is 1.90. The molecular weight excluding hydrogens is 418 g/mol. The minimum absolute atomic E-state index is 0.00309. The summed E-state index contributed by atoms with van der Waals surface area (Å²) in [6, 6.07) is 19.3. The number of carbonyl (C=O) groups is 1. The molecule has 0 aliphatic carbocycles. The molecule has 0 spiro atoms. The van der Waals surface area contributed by atoms with Gasteiger partial charge in [0.2, 0.25) is 11.7 Å². The molecule has 2 aromatic heterocycles. The Morgan fingerprint density at radius 2 is 1.82 bits per heavy atom. The summed E-state index contributed by atoms with van der Waals surface area (Å²) >= 11 is 0. The third-order valence-corrected chi connectivity index (χ3v) is 5.70. The zero-order valence-corrected chi connectivity index (χ0v) is 18.6. The highest BCUT2D eigenvalue weighted by atomic mass is 16.5. The summed E-state index contributed by atoms with van der Waals surface area (Å²) in [6.45, 7) is 5.76. The minimum atomic E-state index is 0.00309. The number of aryl methyl sites for hydroxylation is 3. The molecule has 1 aliphatic rings. The van der Waals surface area contributed by atoms with E-state index in [1.54, 1.807) is 0 Å². The molecule has 1 fully saturated rings. The van der Waals surface area contributed by atoms with Crippen LogP contribution in [0.3, 0.4) is 0 Å². The summed E-state index contributed by atoms with van der Waals surface area (Å²) in [5, 5.41) is 8.49. The molecule has 3 heterocycles. The second-order valence-corrected chi connectivity index (χ2v) is 8.25. The average molecular weight is 444 g/mol. The maximum Gasteiger partial charge on any atom is 0.258 e. The Morgan fingerprint density at radius 1 is 1.06 bits per heavy atom. The van der Waals surface area contributed by atoms with Crippen LogP contribution in [0.15, 0.2) is 65.2 Å². The van der Waals surface area contributed by atoms with Crippen molar-refractivity contribution in [2.45, 2.75) is 32.9 Å². The van der Waals surface area contributed by atoms with Gasteiger partial charge in [-0.2, -0.15) is 10.1 Å². The fourth-order valence-corrected chi connectivity index (χ4v) is 3.89. The lowest BCUT2D eigenvalue weighted by molar-refractivity contribution is -0.140. The van der Waals surface area contributed by atoms with E-state index in [9.17, 15) is 4.79 Å². The lowest BCUT2D eigenvalue weighted by Crippen LogP contribution is -2.56. The summed E-state index contributed by atoms with van der Waals surface area (Å²) in [5.41, 5.74) is 3.78. The molecule has 2 aromatic carbocycles. The fraction of sp³-hybridized carbons (Fsp3) is 0.280. The number of benzene rings is 2. The summed E-state index contributed by atoms with van der Waals surface area (Å²) < 4.78 is 13.3. The van der Waals surface area contributed by atoms with Crippen LogP contribution in [-0.2, 0) is 11.3 Å². The Balaban J connectivity index is 1.11. The predicted molar refractivity (Wildman–Crippen MR) is 122 cm³/mol. The molecule has 0 saturated carbocycles. The van der Waals surface area contributed by atoms with Crippen LogP contribution in [0.25, 0.3) is 22.8 Å². The van der Waals surface area contributed by atoms with Crippen molar-refractivity contribution in [3.8, 4) is 28.6 Å². The van der Waals surface area contributed by atoms with Crippen LogP contribution in [-0.4, -0.2) is 49.9 Å². The molecule has 8 heteroatoms. The lowest BCUT2D eigenvalue weighted by Gasteiger charge is -2.39. The van der Waals surface area contributed by atoms with E-state index in [4.69, 9.17) is 9.26 Å². The van der Waals surface area contributed by atoms with Crippen molar-refractivity contribution >= 4 is 5.91 Å². The lowest BCUT2D eigenvalue weighted by atomic mass is 10.1. The second kappa shape index (κ2) is 8.90. The van der Waals surface area contributed by atoms with Crippen molar-refractivity contribution in [3.63, 3.8) is 0 Å². The maximum atomic E-state index is 12.4. The van der Waals surface area contributed by atoms with Crippen molar-refractivity contribution in [2.75, 3.05) is 13.1 Å². The van der Waals surface area contributed by atoms with E-state index in [1.807, 2.05) is 84.1 Å². The highest BCUT2D eigenvalue weighted by Gasteiger charge is 2.32. The van der Waals surface area contributed by atoms with Crippen LogP contribution in [0.5, 0.6) is 5.75 Å². The molecule has 8 nitrogen and oxygen atoms in total. The van der Waals surface area contributed by atoms with E-state index in [-0.39, 0.29) is 12.0 Å². The number of hydrogen-bond acceptors (Lipinski definition) is 6. The molecule has 0 atom stereocenters. The Morgan fingerprint density at radius 3 is 2.52 bits per heavy atom. The molecule has 1 saturated heterocycles. The zero-order chi connectivity index (χ0) is 22.8. The second-order valence-electron chi connectivity index (χ2n) is 8.25. The van der Waals surface area contributed by atoms with Crippen molar-refractivity contribution in [3.05, 3.63) is 72.1 Å². The van der Waals surface area contributed by atoms with Gasteiger partial charge in [0.15, 0.2) is 0 Å². The predicted octanol–water partition coefficient (Wildman–Crippen LogP) is 3.90. The molecule has 1 aliphatic heterocycles. The van der Waals surface area contributed by atoms with Gasteiger partial charge in [-0.25, -0.2) is 0 Å². The van der Waals surface area contributed by atoms with Gasteiger partial charge < -0.3 is 14.2 Å². The fourth-order valence-electron chi connectivity index (χ4n) is 3.89. The SMILES string of the molecule is Cc1cc(C)n(CCC(=O)N2CC(Oc3ccc(-c4noc(-c5ccccc5)n4)cc3)C2)n1. The molecule has 4 aromatic rings. The van der Waals surface area contributed by atoms with Crippen LogP contribution in [0, 0.1) is 13.8 Å². The number of carbonyl (C=O) groups excluding carboxylic acids is 1. The molecule has 1 amide bonds. The number of aromatic nitrogens is 4. The molecule has 5 rings (SSSR count). The Hall–Kier alpha value is -3.94. The molecular formula is C25H25N5O3. The molecule has 0 N–H and O–H groups in total. The van der Waals surface area contributed by atoms with E-state index in [1.165, 1.54) is 0 Å². The van der Waals surface area contributed by atoms with Crippen molar-refractivity contribution < 1.29 is 14.1 Å². The molecule has 33 heavy (non-hydrogen) atoms. The summed E-state index contributed by atoms with van der Waals surface area (Å²) in [6.07, 6.45) is 0.447. The van der Waals surface area contributed by atoms with Crippen molar-refractivity contribution in [1.29, 1.82) is 0 Å². The van der Waals surface area contributed by atoms with E-state index in [2.05, 4.69) is 15.2 Å². The van der Waals surface area contributed by atoms with Gasteiger partial charge in [0, 0.05) is 29.8 Å². The monoisotopic (exact) mass is 443 g/mol. The van der Waals surface area contributed by atoms with Gasteiger partial charge in [-0.05, 0) is 56.3 Å². The average Bonchev–Trinajstić information content (AvgIpc) is 3.41. The van der Waals surface area contributed by atoms with Gasteiger partial charge >= 0.3 is 0 Å². The summed E-state index contributed by atoms with van der Waals surface area (Å²) in [7, 11) is 0. The van der Waals surface area contributed by atoms with Crippen LogP contribution in [0.2, 0.25) is 0 Å². The first-order valence-electron chi connectivity index (χ1n) is 11.0. The smallest absolute Gasteiger partial charge is 0.258 e. The van der Waals surface area contributed by atoms with E-state index < -0.39 is 0 Å². The van der Waals surface area contributed by atoms with Crippen molar-refractivity contribution in [1.82, 2.24) is 24.8 Å². The third kappa shape index (κ3) is 4.64. The number of nitrogens with zero attached hydrogens (tertiary/aromatic N) is 5. The highest BCUT2D eigenvalue weighted by molar-refractivity contribution is 5.77. The van der Waals surface area contributed by atoms with Gasteiger partial charge in [-0.15, -0.1) is 0 Å². The van der Waals surface area contributed by atoms with E-state index in [0.29, 0.717) is 37.8 Å². The number of ether oxygens (including phenoxy) is 1. The normalized spacial score (nSPS) is 13.7. The van der Waals surface area contributed by atoms with Crippen LogP contribution < -0.4 is 4.74 Å². The first-order valence-corrected chi connectivity index (χ1v) is 11.0. The standard InChI is InChI=1S/C25H25N5O3/c1-17-14-18(2)30(27-17)13-12-23(31)29-15-22(16-29)32-21-10-8-19(9-11-21)24-26-25(33-28-24)20-6-4-3-5-7-20/h3-11,14,22H,12-13,15-16H2,1-2H3. The number of amides is 1. The van der Waals surface area contributed by atoms with Gasteiger partial charge in [-0.3, -0.25) is 9.48 Å². The first-order chi connectivity index (χ1) is 16.0. The third-order valence-electron chi connectivity index (χ3n) is 5.70. The largest absolute Gasteiger partial charge is 0.487 e. The summed E-state index contributed by atoms with van der Waals surface area (Å²) in [4.78, 5) is 18.7. The minimum Gasteiger partial charge on any atom is -0.487 e.